The van der Waals surface area contributed by atoms with Crippen LogP contribution in [0.1, 0.15) is 15.9 Å². The van der Waals surface area contributed by atoms with Crippen molar-refractivity contribution in [2.24, 2.45) is 0 Å². The zero-order chi connectivity index (χ0) is 13.1. The van der Waals surface area contributed by atoms with Gasteiger partial charge in [-0.05, 0) is 42.5 Å². The third-order valence-electron chi connectivity index (χ3n) is 2.59. The van der Waals surface area contributed by atoms with E-state index in [0.29, 0.717) is 17.0 Å². The third kappa shape index (κ3) is 2.32. The molecule has 0 aliphatic carbocycles. The second-order valence-electron chi connectivity index (χ2n) is 3.80. The van der Waals surface area contributed by atoms with Gasteiger partial charge in [-0.2, -0.15) is 0 Å². The van der Waals surface area contributed by atoms with E-state index >= 15 is 0 Å². The summed E-state index contributed by atoms with van der Waals surface area (Å²) >= 11 is 0. The van der Waals surface area contributed by atoms with Crippen molar-refractivity contribution in [3.05, 3.63) is 59.4 Å². The van der Waals surface area contributed by atoms with E-state index in [1.165, 1.54) is 25.3 Å². The lowest BCUT2D eigenvalue weighted by molar-refractivity contribution is 0.103. The smallest absolute Gasteiger partial charge is 0.196 e. The van der Waals surface area contributed by atoms with E-state index in [-0.39, 0.29) is 5.56 Å². The van der Waals surface area contributed by atoms with Crippen LogP contribution in [0.5, 0.6) is 5.75 Å². The number of anilines is 1. The van der Waals surface area contributed by atoms with Crippen molar-refractivity contribution in [3.63, 3.8) is 0 Å². The van der Waals surface area contributed by atoms with Gasteiger partial charge in [-0.3, -0.25) is 4.79 Å². The summed E-state index contributed by atoms with van der Waals surface area (Å²) in [6.45, 7) is 0. The number of halogens is 1. The third-order valence-corrected chi connectivity index (χ3v) is 2.59. The van der Waals surface area contributed by atoms with E-state index in [2.05, 4.69) is 0 Å². The average Bonchev–Trinajstić information content (AvgIpc) is 2.41. The van der Waals surface area contributed by atoms with Crippen LogP contribution in [0.3, 0.4) is 0 Å². The molecule has 92 valence electrons. The summed E-state index contributed by atoms with van der Waals surface area (Å²) in [6.07, 6.45) is 0. The van der Waals surface area contributed by atoms with Crippen molar-refractivity contribution in [3.8, 4) is 5.75 Å². The van der Waals surface area contributed by atoms with Gasteiger partial charge in [-0.25, -0.2) is 4.39 Å². The Hall–Kier alpha value is -2.36. The number of carbonyl (C=O) groups is 1. The van der Waals surface area contributed by atoms with Crippen molar-refractivity contribution in [1.29, 1.82) is 0 Å². The molecule has 0 amide bonds. The highest BCUT2D eigenvalue weighted by Crippen LogP contribution is 2.18. The molecule has 0 aliphatic rings. The fourth-order valence-corrected chi connectivity index (χ4v) is 1.61. The number of ketones is 1. The molecule has 0 aliphatic heterocycles. The number of ether oxygens (including phenoxy) is 1. The van der Waals surface area contributed by atoms with Gasteiger partial charge in [0, 0.05) is 11.3 Å². The van der Waals surface area contributed by atoms with Gasteiger partial charge in [0.2, 0.25) is 0 Å². The molecule has 0 saturated heterocycles. The largest absolute Gasteiger partial charge is 0.497 e. The quantitative estimate of drug-likeness (QED) is 0.668. The van der Waals surface area contributed by atoms with Crippen LogP contribution in [-0.4, -0.2) is 12.9 Å². The topological polar surface area (TPSA) is 52.3 Å². The first kappa shape index (κ1) is 12.1. The Bertz CT molecular complexity index is 579. The van der Waals surface area contributed by atoms with Crippen LogP contribution in [0.15, 0.2) is 42.5 Å². The first-order valence-electron chi connectivity index (χ1n) is 5.35. The van der Waals surface area contributed by atoms with E-state index in [0.717, 1.165) is 0 Å². The van der Waals surface area contributed by atoms with Crippen LogP contribution in [0.4, 0.5) is 10.1 Å². The van der Waals surface area contributed by atoms with Gasteiger partial charge in [0.25, 0.3) is 0 Å². The zero-order valence-corrected chi connectivity index (χ0v) is 9.81. The highest BCUT2D eigenvalue weighted by Gasteiger charge is 2.14. The van der Waals surface area contributed by atoms with Crippen molar-refractivity contribution in [1.82, 2.24) is 0 Å². The van der Waals surface area contributed by atoms with E-state index in [9.17, 15) is 9.18 Å². The summed E-state index contributed by atoms with van der Waals surface area (Å²) in [6, 6.07) is 10.4. The minimum absolute atomic E-state index is 0.0276. The first-order chi connectivity index (χ1) is 8.61. The Morgan fingerprint density at radius 3 is 2.44 bits per heavy atom. The van der Waals surface area contributed by atoms with Crippen LogP contribution in [0, 0.1) is 5.82 Å². The number of hydrogen-bond donors (Lipinski definition) is 1. The van der Waals surface area contributed by atoms with Crippen LogP contribution < -0.4 is 10.5 Å². The van der Waals surface area contributed by atoms with Crippen molar-refractivity contribution < 1.29 is 13.9 Å². The van der Waals surface area contributed by atoms with Gasteiger partial charge >= 0.3 is 0 Å². The van der Waals surface area contributed by atoms with Gasteiger partial charge in [0.05, 0.1) is 12.7 Å². The predicted octanol–water partition coefficient (Wildman–Crippen LogP) is 2.65. The van der Waals surface area contributed by atoms with E-state index in [1.807, 2.05) is 0 Å². The molecule has 0 aromatic heterocycles. The molecular weight excluding hydrogens is 233 g/mol. The summed E-state index contributed by atoms with van der Waals surface area (Å²) in [5.74, 6) is -0.341. The van der Waals surface area contributed by atoms with Gasteiger partial charge in [0.15, 0.2) is 5.78 Å². The lowest BCUT2D eigenvalue weighted by Crippen LogP contribution is -2.05. The molecule has 0 radical (unpaired) electrons. The van der Waals surface area contributed by atoms with Gasteiger partial charge in [0.1, 0.15) is 11.6 Å². The predicted molar refractivity (Wildman–Crippen MR) is 67.2 cm³/mol. The minimum atomic E-state index is -0.579. The fourth-order valence-electron chi connectivity index (χ4n) is 1.61. The summed E-state index contributed by atoms with van der Waals surface area (Å²) in [4.78, 5) is 12.1. The summed E-state index contributed by atoms with van der Waals surface area (Å²) in [5, 5.41) is 0. The van der Waals surface area contributed by atoms with E-state index in [1.54, 1.807) is 24.3 Å². The molecule has 2 rings (SSSR count). The Kier molecular flexibility index (Phi) is 3.28. The zero-order valence-electron chi connectivity index (χ0n) is 9.81. The number of nitrogens with two attached hydrogens (primary N) is 1. The van der Waals surface area contributed by atoms with Crippen molar-refractivity contribution in [2.45, 2.75) is 0 Å². The lowest BCUT2D eigenvalue weighted by atomic mass is 10.0. The average molecular weight is 245 g/mol. The van der Waals surface area contributed by atoms with Crippen LogP contribution in [-0.2, 0) is 0 Å². The first-order valence-corrected chi connectivity index (χ1v) is 5.35. The second-order valence-corrected chi connectivity index (χ2v) is 3.80. The highest BCUT2D eigenvalue weighted by atomic mass is 19.1. The maximum atomic E-state index is 13.6. The Balaban J connectivity index is 2.38. The number of rotatable bonds is 3. The molecule has 18 heavy (non-hydrogen) atoms. The molecule has 3 nitrogen and oxygen atoms in total. The molecule has 0 fully saturated rings. The van der Waals surface area contributed by atoms with Crippen molar-refractivity contribution >= 4 is 11.5 Å². The van der Waals surface area contributed by atoms with Gasteiger partial charge < -0.3 is 10.5 Å². The van der Waals surface area contributed by atoms with E-state index < -0.39 is 11.6 Å². The molecule has 0 unspecified atom stereocenters. The number of carbonyl (C=O) groups excluding carboxylic acids is 1. The minimum Gasteiger partial charge on any atom is -0.497 e. The van der Waals surface area contributed by atoms with Crippen LogP contribution >= 0.6 is 0 Å². The molecule has 0 atom stereocenters. The maximum Gasteiger partial charge on any atom is 0.196 e. The molecule has 0 saturated carbocycles. The Labute approximate surface area is 104 Å². The molecule has 2 N–H and O–H groups in total. The normalized spacial score (nSPS) is 10.1. The number of nitrogen functional groups attached to an aromatic ring is 1. The number of benzene rings is 2. The molecule has 2 aromatic rings. The Morgan fingerprint density at radius 2 is 1.83 bits per heavy atom. The van der Waals surface area contributed by atoms with Crippen LogP contribution in [0.2, 0.25) is 0 Å². The molecular formula is C14H12FNO2. The fraction of sp³-hybridized carbons (Fsp3) is 0.0714. The lowest BCUT2D eigenvalue weighted by Gasteiger charge is -2.05. The molecule has 0 spiro atoms. The maximum absolute atomic E-state index is 13.6. The van der Waals surface area contributed by atoms with Crippen molar-refractivity contribution in [2.75, 3.05) is 12.8 Å². The summed E-state index contributed by atoms with van der Waals surface area (Å²) in [7, 11) is 1.54. The number of hydrogen-bond acceptors (Lipinski definition) is 3. The highest BCUT2D eigenvalue weighted by molar-refractivity contribution is 6.09. The summed E-state index contributed by atoms with van der Waals surface area (Å²) in [5.41, 5.74) is 6.27. The standard InChI is InChI=1S/C14H12FNO2/c1-18-11-5-2-9(3-6-11)14(17)12-8-10(16)4-7-13(12)15/h2-8H,16H2,1H3. The molecule has 2 aromatic carbocycles. The van der Waals surface area contributed by atoms with Gasteiger partial charge in [-0.1, -0.05) is 0 Å². The van der Waals surface area contributed by atoms with E-state index in [4.69, 9.17) is 10.5 Å². The van der Waals surface area contributed by atoms with Crippen LogP contribution in [0.25, 0.3) is 0 Å². The molecule has 0 bridgehead atoms. The summed E-state index contributed by atoms with van der Waals surface area (Å²) < 4.78 is 18.5. The molecule has 4 heteroatoms. The van der Waals surface area contributed by atoms with Gasteiger partial charge in [-0.15, -0.1) is 0 Å². The number of methoxy groups -OCH3 is 1. The Morgan fingerprint density at radius 1 is 1.17 bits per heavy atom. The monoisotopic (exact) mass is 245 g/mol. The second kappa shape index (κ2) is 4.87. The SMILES string of the molecule is COc1ccc(C(=O)c2cc(N)ccc2F)cc1. The molecule has 0 heterocycles.